The van der Waals surface area contributed by atoms with Crippen LogP contribution in [0, 0.1) is 0 Å². The van der Waals surface area contributed by atoms with E-state index >= 15 is 0 Å². The van der Waals surface area contributed by atoms with E-state index < -0.39 is 5.97 Å². The van der Waals surface area contributed by atoms with Crippen LogP contribution < -0.4 is 10.1 Å². The van der Waals surface area contributed by atoms with Crippen molar-refractivity contribution in [3.05, 3.63) is 65.5 Å². The molecule has 3 rings (SSSR count). The summed E-state index contributed by atoms with van der Waals surface area (Å²) < 4.78 is 16.4. The minimum Gasteiger partial charge on any atom is -0.484 e. The molecule has 8 nitrogen and oxygen atoms in total. The van der Waals surface area contributed by atoms with E-state index in [1.807, 2.05) is 24.3 Å². The van der Waals surface area contributed by atoms with Crippen LogP contribution in [0.1, 0.15) is 55.4 Å². The number of thioether (sulfide) groups is 1. The van der Waals surface area contributed by atoms with Crippen molar-refractivity contribution in [2.24, 2.45) is 0 Å². The van der Waals surface area contributed by atoms with Crippen molar-refractivity contribution in [3.63, 3.8) is 0 Å². The minimum atomic E-state index is -0.438. The van der Waals surface area contributed by atoms with Gasteiger partial charge in [-0.05, 0) is 55.7 Å². The molecule has 0 aliphatic heterocycles. The van der Waals surface area contributed by atoms with E-state index in [4.69, 9.17) is 13.9 Å². The zero-order chi connectivity index (χ0) is 23.8. The van der Waals surface area contributed by atoms with Gasteiger partial charge >= 0.3 is 5.97 Å². The summed E-state index contributed by atoms with van der Waals surface area (Å²) in [6.45, 7) is 7.96. The number of nitrogens with zero attached hydrogens (tertiary/aromatic N) is 2. The largest absolute Gasteiger partial charge is 0.484 e. The number of hydrogen-bond donors (Lipinski definition) is 1. The van der Waals surface area contributed by atoms with E-state index in [-0.39, 0.29) is 29.6 Å². The van der Waals surface area contributed by atoms with Gasteiger partial charge in [-0.2, -0.15) is 0 Å². The highest BCUT2D eigenvalue weighted by Gasteiger charge is 2.13. The molecule has 0 spiro atoms. The number of anilines is 1. The zero-order valence-electron chi connectivity index (χ0n) is 19.0. The van der Waals surface area contributed by atoms with Crippen molar-refractivity contribution in [1.82, 2.24) is 10.2 Å². The molecule has 0 saturated heterocycles. The maximum Gasteiger partial charge on any atom is 0.338 e. The van der Waals surface area contributed by atoms with Gasteiger partial charge in [0.1, 0.15) is 5.75 Å². The lowest BCUT2D eigenvalue weighted by atomic mass is 10.0. The van der Waals surface area contributed by atoms with Crippen LogP contribution in [-0.4, -0.2) is 33.9 Å². The van der Waals surface area contributed by atoms with Gasteiger partial charge in [-0.1, -0.05) is 43.8 Å². The molecular weight excluding hydrogens is 442 g/mol. The third-order valence-corrected chi connectivity index (χ3v) is 5.23. The fourth-order valence-electron chi connectivity index (χ4n) is 2.78. The summed E-state index contributed by atoms with van der Waals surface area (Å²) in [5.74, 6) is 0.854. The van der Waals surface area contributed by atoms with Gasteiger partial charge in [0, 0.05) is 5.69 Å². The van der Waals surface area contributed by atoms with E-state index in [1.165, 1.54) is 5.56 Å². The Kier molecular flexibility index (Phi) is 8.48. The minimum absolute atomic E-state index is 0.0693. The van der Waals surface area contributed by atoms with Crippen LogP contribution in [0.3, 0.4) is 0 Å². The third-order valence-electron chi connectivity index (χ3n) is 4.41. The summed E-state index contributed by atoms with van der Waals surface area (Å²) in [7, 11) is 0. The molecule has 1 aromatic heterocycles. The van der Waals surface area contributed by atoms with E-state index in [0.29, 0.717) is 28.8 Å². The zero-order valence-corrected chi connectivity index (χ0v) is 19.8. The first kappa shape index (κ1) is 24.3. The van der Waals surface area contributed by atoms with E-state index in [1.54, 1.807) is 38.1 Å². The summed E-state index contributed by atoms with van der Waals surface area (Å²) in [5.41, 5.74) is 2.11. The topological polar surface area (TPSA) is 104 Å². The van der Waals surface area contributed by atoms with Crippen molar-refractivity contribution in [1.29, 1.82) is 0 Å². The molecule has 0 saturated carbocycles. The summed E-state index contributed by atoms with van der Waals surface area (Å²) in [6, 6.07) is 14.4. The molecule has 3 aromatic rings. The quantitative estimate of drug-likeness (QED) is 0.324. The highest BCUT2D eigenvalue weighted by molar-refractivity contribution is 7.99. The van der Waals surface area contributed by atoms with Crippen LogP contribution in [-0.2, 0) is 16.1 Å². The van der Waals surface area contributed by atoms with Gasteiger partial charge in [0.15, 0.2) is 6.61 Å². The van der Waals surface area contributed by atoms with Gasteiger partial charge in [-0.15, -0.1) is 10.2 Å². The second-order valence-corrected chi connectivity index (χ2v) is 8.77. The lowest BCUT2D eigenvalue weighted by Crippen LogP contribution is -2.15. The Hall–Kier alpha value is -3.33. The first-order valence-corrected chi connectivity index (χ1v) is 11.6. The Morgan fingerprint density at radius 3 is 2.52 bits per heavy atom. The molecule has 174 valence electrons. The summed E-state index contributed by atoms with van der Waals surface area (Å²) in [5, 5.41) is 10.9. The van der Waals surface area contributed by atoms with E-state index in [9.17, 15) is 9.59 Å². The number of amides is 1. The van der Waals surface area contributed by atoms with Gasteiger partial charge in [0.05, 0.1) is 17.4 Å². The molecule has 1 N–H and O–H groups in total. The molecule has 0 aliphatic rings. The molecule has 0 fully saturated rings. The van der Waals surface area contributed by atoms with Crippen LogP contribution in [0.4, 0.5) is 5.69 Å². The Morgan fingerprint density at radius 1 is 1.06 bits per heavy atom. The number of rotatable bonds is 10. The maximum absolute atomic E-state index is 12.3. The lowest BCUT2D eigenvalue weighted by Gasteiger charge is -2.09. The molecule has 1 amide bonds. The highest BCUT2D eigenvalue weighted by Crippen LogP contribution is 2.21. The van der Waals surface area contributed by atoms with Crippen molar-refractivity contribution >= 4 is 29.3 Å². The molecular formula is C24H27N3O5S. The van der Waals surface area contributed by atoms with Crippen LogP contribution in [0.15, 0.2) is 58.2 Å². The van der Waals surface area contributed by atoms with E-state index in [0.717, 1.165) is 11.8 Å². The predicted octanol–water partition coefficient (Wildman–Crippen LogP) is 5.07. The number of carbonyl (C=O) groups is 2. The van der Waals surface area contributed by atoms with Crippen molar-refractivity contribution in [2.45, 2.75) is 51.5 Å². The smallest absolute Gasteiger partial charge is 0.338 e. The monoisotopic (exact) mass is 469 g/mol. The van der Waals surface area contributed by atoms with Crippen molar-refractivity contribution in [3.8, 4) is 5.75 Å². The summed E-state index contributed by atoms with van der Waals surface area (Å²) >= 11 is 1.11. The SMILES string of the molecule is CC(C)OC(=O)c1cccc(NC(=O)CSc2nnc(COc3ccc(C(C)C)cc3)o2)c1. The van der Waals surface area contributed by atoms with Gasteiger partial charge in [-0.25, -0.2) is 4.79 Å². The molecule has 9 heteroatoms. The predicted molar refractivity (Wildman–Crippen MR) is 126 cm³/mol. The Labute approximate surface area is 197 Å². The second kappa shape index (κ2) is 11.5. The number of ether oxygens (including phenoxy) is 2. The number of carbonyl (C=O) groups excluding carboxylic acids is 2. The van der Waals surface area contributed by atoms with Crippen LogP contribution in [0.5, 0.6) is 5.75 Å². The average molecular weight is 470 g/mol. The van der Waals surface area contributed by atoms with Crippen molar-refractivity contribution in [2.75, 3.05) is 11.1 Å². The number of hydrogen-bond acceptors (Lipinski definition) is 8. The van der Waals surface area contributed by atoms with Gasteiger partial charge in [-0.3, -0.25) is 4.79 Å². The molecule has 0 unspecified atom stereocenters. The lowest BCUT2D eigenvalue weighted by molar-refractivity contribution is -0.113. The molecule has 1 heterocycles. The number of aromatic nitrogens is 2. The van der Waals surface area contributed by atoms with Crippen molar-refractivity contribution < 1.29 is 23.5 Å². The average Bonchev–Trinajstić information content (AvgIpc) is 3.24. The fourth-order valence-corrected chi connectivity index (χ4v) is 3.36. The number of esters is 1. The fraction of sp³-hybridized carbons (Fsp3) is 0.333. The molecule has 0 radical (unpaired) electrons. The maximum atomic E-state index is 12.3. The van der Waals surface area contributed by atoms with Crippen LogP contribution in [0.2, 0.25) is 0 Å². The summed E-state index contributed by atoms with van der Waals surface area (Å²) in [4.78, 5) is 24.3. The number of benzene rings is 2. The Morgan fingerprint density at radius 2 is 1.82 bits per heavy atom. The van der Waals surface area contributed by atoms with Gasteiger partial charge in [0.25, 0.3) is 11.1 Å². The van der Waals surface area contributed by atoms with E-state index in [2.05, 4.69) is 29.4 Å². The molecule has 0 aliphatic carbocycles. The van der Waals surface area contributed by atoms with Gasteiger partial charge < -0.3 is 19.2 Å². The van der Waals surface area contributed by atoms with Crippen LogP contribution >= 0.6 is 11.8 Å². The standard InChI is InChI=1S/C24H27N3O5S/c1-15(2)17-8-10-20(11-9-17)30-13-22-26-27-24(32-22)33-14-21(28)25-19-7-5-6-18(12-19)23(29)31-16(3)4/h5-12,15-16H,13-14H2,1-4H3,(H,25,28). The van der Waals surface area contributed by atoms with Crippen LogP contribution in [0.25, 0.3) is 0 Å². The molecule has 0 atom stereocenters. The summed E-state index contributed by atoms with van der Waals surface area (Å²) in [6.07, 6.45) is -0.220. The second-order valence-electron chi connectivity index (χ2n) is 7.85. The molecule has 0 bridgehead atoms. The third kappa shape index (κ3) is 7.64. The number of nitrogens with one attached hydrogen (secondary N) is 1. The normalized spacial score (nSPS) is 11.0. The Bertz CT molecular complexity index is 1080. The first-order valence-electron chi connectivity index (χ1n) is 10.6. The first-order chi connectivity index (χ1) is 15.8. The molecule has 33 heavy (non-hydrogen) atoms. The van der Waals surface area contributed by atoms with Gasteiger partial charge in [0.2, 0.25) is 5.91 Å². The molecule has 2 aromatic carbocycles. The highest BCUT2D eigenvalue weighted by atomic mass is 32.2. The Balaban J connectivity index is 1.46.